The van der Waals surface area contributed by atoms with Gasteiger partial charge in [0.1, 0.15) is 6.33 Å². The second-order valence-electron chi connectivity index (χ2n) is 6.31. The molecule has 0 spiro atoms. The zero-order valence-corrected chi connectivity index (χ0v) is 15.4. The van der Waals surface area contributed by atoms with Crippen molar-refractivity contribution < 1.29 is 9.53 Å². The molecule has 0 atom stereocenters. The van der Waals surface area contributed by atoms with Crippen molar-refractivity contribution in [1.82, 2.24) is 24.9 Å². The molecule has 7 nitrogen and oxygen atoms in total. The summed E-state index contributed by atoms with van der Waals surface area (Å²) in [5.74, 6) is 0.455. The number of aromatic nitrogens is 4. The van der Waals surface area contributed by atoms with Crippen molar-refractivity contribution in [2.24, 2.45) is 0 Å². The lowest BCUT2D eigenvalue weighted by Gasteiger charge is -2.08. The minimum absolute atomic E-state index is 0.105. The van der Waals surface area contributed by atoms with E-state index in [1.165, 1.54) is 6.33 Å². The van der Waals surface area contributed by atoms with Crippen molar-refractivity contribution in [3.8, 4) is 11.3 Å². The first-order chi connectivity index (χ1) is 13.7. The van der Waals surface area contributed by atoms with Crippen molar-refractivity contribution in [2.75, 3.05) is 7.11 Å². The minimum atomic E-state index is -0.105. The number of carbonyl (C=O) groups is 1. The Morgan fingerprint density at radius 2 is 1.75 bits per heavy atom. The summed E-state index contributed by atoms with van der Waals surface area (Å²) in [5, 5.41) is 7.15. The highest BCUT2D eigenvalue weighted by molar-refractivity contribution is 5.94. The van der Waals surface area contributed by atoms with Gasteiger partial charge in [0.05, 0.1) is 12.3 Å². The number of methoxy groups -OCH3 is 1. The third-order valence-electron chi connectivity index (χ3n) is 4.41. The summed E-state index contributed by atoms with van der Waals surface area (Å²) in [6.45, 7) is 0.987. The van der Waals surface area contributed by atoms with Crippen molar-refractivity contribution >= 4 is 11.7 Å². The molecule has 140 valence electrons. The zero-order chi connectivity index (χ0) is 19.3. The molecule has 0 fully saturated rings. The van der Waals surface area contributed by atoms with E-state index in [1.807, 2.05) is 42.5 Å². The fraction of sp³-hybridized carbons (Fsp3) is 0.143. The highest BCUT2D eigenvalue weighted by Gasteiger charge is 2.08. The van der Waals surface area contributed by atoms with Crippen LogP contribution in [0.4, 0.5) is 0 Å². The maximum atomic E-state index is 12.3. The second-order valence-corrected chi connectivity index (χ2v) is 6.31. The zero-order valence-electron chi connectivity index (χ0n) is 15.4. The van der Waals surface area contributed by atoms with Gasteiger partial charge in [0, 0.05) is 31.0 Å². The van der Waals surface area contributed by atoms with Crippen LogP contribution in [0.15, 0.2) is 67.1 Å². The third-order valence-corrected chi connectivity index (χ3v) is 4.41. The van der Waals surface area contributed by atoms with Crippen molar-refractivity contribution in [2.45, 2.75) is 13.2 Å². The van der Waals surface area contributed by atoms with E-state index in [-0.39, 0.29) is 5.91 Å². The molecule has 0 radical (unpaired) electrons. The maximum absolute atomic E-state index is 12.3. The Morgan fingerprint density at radius 1 is 1.00 bits per heavy atom. The van der Waals surface area contributed by atoms with E-state index in [4.69, 9.17) is 4.74 Å². The number of nitrogens with one attached hydrogen (secondary N) is 1. The van der Waals surface area contributed by atoms with E-state index in [0.29, 0.717) is 24.5 Å². The molecule has 0 saturated heterocycles. The molecule has 0 bridgehead atoms. The number of carbonyl (C=O) groups excluding carboxylic acids is 1. The van der Waals surface area contributed by atoms with E-state index in [0.717, 1.165) is 22.4 Å². The van der Waals surface area contributed by atoms with E-state index in [2.05, 4.69) is 20.4 Å². The molecule has 2 heterocycles. The number of hydrogen-bond acceptors (Lipinski definition) is 5. The predicted molar refractivity (Wildman–Crippen MR) is 105 cm³/mol. The van der Waals surface area contributed by atoms with Gasteiger partial charge in [0.25, 0.3) is 11.7 Å². The van der Waals surface area contributed by atoms with Gasteiger partial charge >= 0.3 is 0 Å². The monoisotopic (exact) mass is 373 g/mol. The summed E-state index contributed by atoms with van der Waals surface area (Å²) in [6, 6.07) is 17.3. The summed E-state index contributed by atoms with van der Waals surface area (Å²) < 4.78 is 6.78. The molecule has 28 heavy (non-hydrogen) atoms. The standard InChI is InChI=1S/C21H19N5O2/c1-28-13-16-4-8-18(9-5-16)20(27)23-12-15-2-6-17(7-3-15)19-10-11-22-21-24-14-25-26(19)21/h2-11,14H,12-13H2,1H3,(H,23,27). The Labute approximate surface area is 162 Å². The Kier molecular flexibility index (Phi) is 5.07. The number of nitrogens with zero attached hydrogens (tertiary/aromatic N) is 4. The average Bonchev–Trinajstić information content (AvgIpc) is 3.22. The molecule has 4 rings (SSSR count). The molecule has 1 amide bonds. The first-order valence-electron chi connectivity index (χ1n) is 8.85. The van der Waals surface area contributed by atoms with E-state index in [9.17, 15) is 4.79 Å². The van der Waals surface area contributed by atoms with Crippen LogP contribution >= 0.6 is 0 Å². The van der Waals surface area contributed by atoms with Gasteiger partial charge in [0.2, 0.25) is 0 Å². The Morgan fingerprint density at radius 3 is 2.50 bits per heavy atom. The summed E-state index contributed by atoms with van der Waals surface area (Å²) in [4.78, 5) is 20.6. The highest BCUT2D eigenvalue weighted by atomic mass is 16.5. The Hall–Kier alpha value is -3.58. The van der Waals surface area contributed by atoms with Gasteiger partial charge in [-0.1, -0.05) is 36.4 Å². The van der Waals surface area contributed by atoms with Gasteiger partial charge in [-0.3, -0.25) is 4.79 Å². The molecule has 0 aliphatic rings. The second kappa shape index (κ2) is 7.98. The molecule has 2 aromatic carbocycles. The van der Waals surface area contributed by atoms with Crippen LogP contribution in [0.1, 0.15) is 21.5 Å². The van der Waals surface area contributed by atoms with Gasteiger partial charge in [-0.15, -0.1) is 0 Å². The minimum Gasteiger partial charge on any atom is -0.380 e. The topological polar surface area (TPSA) is 81.4 Å². The van der Waals surface area contributed by atoms with E-state index < -0.39 is 0 Å². The lowest BCUT2D eigenvalue weighted by Crippen LogP contribution is -2.22. The fourth-order valence-corrected chi connectivity index (χ4v) is 2.95. The lowest BCUT2D eigenvalue weighted by molar-refractivity contribution is 0.0951. The number of benzene rings is 2. The molecule has 2 aromatic heterocycles. The van der Waals surface area contributed by atoms with Crippen LogP contribution in [0.5, 0.6) is 0 Å². The van der Waals surface area contributed by atoms with Crippen LogP contribution in [0.2, 0.25) is 0 Å². The molecular weight excluding hydrogens is 354 g/mol. The summed E-state index contributed by atoms with van der Waals surface area (Å²) >= 11 is 0. The Bertz CT molecular complexity index is 1090. The molecule has 0 aliphatic heterocycles. The average molecular weight is 373 g/mol. The van der Waals surface area contributed by atoms with Gasteiger partial charge in [-0.05, 0) is 29.3 Å². The SMILES string of the molecule is COCc1ccc(C(=O)NCc2ccc(-c3ccnc4ncnn34)cc2)cc1. The lowest BCUT2D eigenvalue weighted by atomic mass is 10.1. The molecule has 0 unspecified atom stereocenters. The predicted octanol–water partition coefficient (Wildman–Crippen LogP) is 2.87. The van der Waals surface area contributed by atoms with Crippen molar-refractivity contribution in [1.29, 1.82) is 0 Å². The normalized spacial score (nSPS) is 10.9. The van der Waals surface area contributed by atoms with Crippen LogP contribution in [0.3, 0.4) is 0 Å². The Balaban J connectivity index is 1.42. The first-order valence-corrected chi connectivity index (χ1v) is 8.85. The van der Waals surface area contributed by atoms with Crippen LogP contribution in [0, 0.1) is 0 Å². The van der Waals surface area contributed by atoms with Gasteiger partial charge in [0.15, 0.2) is 0 Å². The van der Waals surface area contributed by atoms with Crippen molar-refractivity contribution in [3.05, 3.63) is 83.8 Å². The number of amides is 1. The molecule has 4 aromatic rings. The molecular formula is C21H19N5O2. The number of rotatable bonds is 6. The number of hydrogen-bond donors (Lipinski definition) is 1. The first kappa shape index (κ1) is 17.8. The molecule has 7 heteroatoms. The smallest absolute Gasteiger partial charge is 0.252 e. The van der Waals surface area contributed by atoms with Gasteiger partial charge < -0.3 is 10.1 Å². The third kappa shape index (κ3) is 3.74. The summed E-state index contributed by atoms with van der Waals surface area (Å²) in [5.41, 5.74) is 4.59. The van der Waals surface area contributed by atoms with E-state index >= 15 is 0 Å². The van der Waals surface area contributed by atoms with Crippen LogP contribution in [0.25, 0.3) is 17.0 Å². The fourth-order valence-electron chi connectivity index (χ4n) is 2.95. The maximum Gasteiger partial charge on any atom is 0.252 e. The number of ether oxygens (including phenoxy) is 1. The van der Waals surface area contributed by atoms with E-state index in [1.54, 1.807) is 30.0 Å². The molecule has 1 N–H and O–H groups in total. The van der Waals surface area contributed by atoms with Crippen LogP contribution in [-0.2, 0) is 17.9 Å². The summed E-state index contributed by atoms with van der Waals surface area (Å²) in [7, 11) is 1.65. The van der Waals surface area contributed by atoms with Crippen LogP contribution < -0.4 is 5.32 Å². The van der Waals surface area contributed by atoms with Crippen molar-refractivity contribution in [3.63, 3.8) is 0 Å². The number of fused-ring (bicyclic) bond motifs is 1. The quantitative estimate of drug-likeness (QED) is 0.562. The largest absolute Gasteiger partial charge is 0.380 e. The van der Waals surface area contributed by atoms with Gasteiger partial charge in [-0.2, -0.15) is 14.6 Å². The summed E-state index contributed by atoms with van der Waals surface area (Å²) in [6.07, 6.45) is 3.20. The molecule has 0 aliphatic carbocycles. The highest BCUT2D eigenvalue weighted by Crippen LogP contribution is 2.19. The van der Waals surface area contributed by atoms with Gasteiger partial charge in [-0.25, -0.2) is 4.98 Å². The van der Waals surface area contributed by atoms with Crippen LogP contribution in [-0.4, -0.2) is 32.6 Å². The molecule has 0 saturated carbocycles.